The monoisotopic (exact) mass is 263 g/mol. The third-order valence-electron chi connectivity index (χ3n) is 2.36. The molecular weight excluding hydrogens is 247 g/mol. The number of methoxy groups -OCH3 is 1. The Morgan fingerprint density at radius 2 is 2.06 bits per heavy atom. The number of alkyl halides is 3. The number of halogens is 3. The van der Waals surface area contributed by atoms with E-state index in [2.05, 4.69) is 0 Å². The highest BCUT2D eigenvalue weighted by atomic mass is 19.4. The first-order chi connectivity index (χ1) is 8.44. The SMILES string of the molecule is COc1cccc(CN(CCO)CC(F)(F)F)c1. The van der Waals surface area contributed by atoms with Gasteiger partial charge in [0, 0.05) is 13.1 Å². The molecule has 18 heavy (non-hydrogen) atoms. The van der Waals surface area contributed by atoms with Crippen LogP contribution in [0.15, 0.2) is 24.3 Å². The summed E-state index contributed by atoms with van der Waals surface area (Å²) in [5, 5.41) is 8.78. The largest absolute Gasteiger partial charge is 0.497 e. The predicted octanol–water partition coefficient (Wildman–Crippen LogP) is 2.05. The highest BCUT2D eigenvalue weighted by Crippen LogP contribution is 2.19. The summed E-state index contributed by atoms with van der Waals surface area (Å²) in [5.74, 6) is 0.600. The van der Waals surface area contributed by atoms with Gasteiger partial charge in [0.2, 0.25) is 0 Å². The van der Waals surface area contributed by atoms with E-state index >= 15 is 0 Å². The predicted molar refractivity (Wildman–Crippen MR) is 61.4 cm³/mol. The van der Waals surface area contributed by atoms with E-state index in [1.165, 1.54) is 7.11 Å². The zero-order chi connectivity index (χ0) is 13.6. The first kappa shape index (κ1) is 14.8. The van der Waals surface area contributed by atoms with Crippen molar-refractivity contribution < 1.29 is 23.0 Å². The second kappa shape index (κ2) is 6.61. The average Bonchev–Trinajstić information content (AvgIpc) is 2.27. The van der Waals surface area contributed by atoms with Gasteiger partial charge < -0.3 is 9.84 Å². The Morgan fingerprint density at radius 3 is 2.61 bits per heavy atom. The molecule has 0 saturated heterocycles. The third kappa shape index (κ3) is 5.37. The lowest BCUT2D eigenvalue weighted by Crippen LogP contribution is -2.35. The topological polar surface area (TPSA) is 32.7 Å². The van der Waals surface area contributed by atoms with Crippen LogP contribution in [-0.2, 0) is 6.54 Å². The fourth-order valence-corrected chi connectivity index (χ4v) is 1.64. The fourth-order valence-electron chi connectivity index (χ4n) is 1.64. The molecule has 0 bridgehead atoms. The van der Waals surface area contributed by atoms with Gasteiger partial charge in [0.05, 0.1) is 20.3 Å². The van der Waals surface area contributed by atoms with Crippen molar-refractivity contribution in [3.63, 3.8) is 0 Å². The Kier molecular flexibility index (Phi) is 5.43. The van der Waals surface area contributed by atoms with Gasteiger partial charge in [0.25, 0.3) is 0 Å². The van der Waals surface area contributed by atoms with Crippen LogP contribution < -0.4 is 4.74 Å². The van der Waals surface area contributed by atoms with E-state index in [4.69, 9.17) is 9.84 Å². The molecule has 0 radical (unpaired) electrons. The number of aliphatic hydroxyl groups is 1. The van der Waals surface area contributed by atoms with E-state index in [9.17, 15) is 13.2 Å². The van der Waals surface area contributed by atoms with Crippen molar-refractivity contribution >= 4 is 0 Å². The molecule has 0 spiro atoms. The zero-order valence-electron chi connectivity index (χ0n) is 10.1. The molecule has 0 aromatic heterocycles. The number of rotatable bonds is 6. The van der Waals surface area contributed by atoms with E-state index < -0.39 is 12.7 Å². The van der Waals surface area contributed by atoms with Crippen molar-refractivity contribution in [3.8, 4) is 5.75 Å². The summed E-state index contributed by atoms with van der Waals surface area (Å²) in [6, 6.07) is 6.85. The molecule has 0 fully saturated rings. The molecule has 6 heteroatoms. The number of nitrogens with zero attached hydrogens (tertiary/aromatic N) is 1. The summed E-state index contributed by atoms with van der Waals surface area (Å²) < 4.78 is 42.0. The lowest BCUT2D eigenvalue weighted by Gasteiger charge is -2.22. The highest BCUT2D eigenvalue weighted by molar-refractivity contribution is 5.28. The lowest BCUT2D eigenvalue weighted by molar-refractivity contribution is -0.147. The molecule has 0 heterocycles. The molecule has 0 amide bonds. The summed E-state index contributed by atoms with van der Waals surface area (Å²) >= 11 is 0. The second-order valence-electron chi connectivity index (χ2n) is 3.90. The van der Waals surface area contributed by atoms with Gasteiger partial charge in [0.1, 0.15) is 5.75 Å². The van der Waals surface area contributed by atoms with Crippen LogP contribution in [0.4, 0.5) is 13.2 Å². The van der Waals surface area contributed by atoms with E-state index in [0.29, 0.717) is 11.3 Å². The molecule has 1 rings (SSSR count). The summed E-state index contributed by atoms with van der Waals surface area (Å²) in [5.41, 5.74) is 0.715. The van der Waals surface area contributed by atoms with Crippen molar-refractivity contribution in [2.24, 2.45) is 0 Å². The summed E-state index contributed by atoms with van der Waals surface area (Å²) in [6.45, 7) is -1.24. The second-order valence-corrected chi connectivity index (χ2v) is 3.90. The molecule has 0 aliphatic rings. The fraction of sp³-hybridized carbons (Fsp3) is 0.500. The summed E-state index contributed by atoms with van der Waals surface area (Å²) in [7, 11) is 1.50. The van der Waals surface area contributed by atoms with Crippen molar-refractivity contribution in [2.45, 2.75) is 12.7 Å². The normalized spacial score (nSPS) is 11.9. The maximum atomic E-state index is 12.3. The minimum Gasteiger partial charge on any atom is -0.497 e. The van der Waals surface area contributed by atoms with Gasteiger partial charge in [-0.1, -0.05) is 12.1 Å². The van der Waals surface area contributed by atoms with Crippen LogP contribution >= 0.6 is 0 Å². The van der Waals surface area contributed by atoms with Gasteiger partial charge >= 0.3 is 6.18 Å². The van der Waals surface area contributed by atoms with Gasteiger partial charge in [-0.15, -0.1) is 0 Å². The third-order valence-corrected chi connectivity index (χ3v) is 2.36. The highest BCUT2D eigenvalue weighted by Gasteiger charge is 2.30. The minimum atomic E-state index is -4.27. The number of benzene rings is 1. The van der Waals surface area contributed by atoms with E-state index in [1.54, 1.807) is 24.3 Å². The Labute approximate surface area is 104 Å². The molecule has 0 saturated carbocycles. The van der Waals surface area contributed by atoms with Crippen LogP contribution in [0, 0.1) is 0 Å². The number of ether oxygens (including phenoxy) is 1. The van der Waals surface area contributed by atoms with Crippen molar-refractivity contribution in [1.29, 1.82) is 0 Å². The molecule has 0 aliphatic heterocycles. The summed E-state index contributed by atoms with van der Waals surface area (Å²) in [4.78, 5) is 1.15. The number of hydrogen-bond acceptors (Lipinski definition) is 3. The van der Waals surface area contributed by atoms with Crippen LogP contribution in [0.5, 0.6) is 5.75 Å². The average molecular weight is 263 g/mol. The van der Waals surface area contributed by atoms with Crippen LogP contribution in [0.25, 0.3) is 0 Å². The van der Waals surface area contributed by atoms with Crippen LogP contribution in [-0.4, -0.2) is 43.0 Å². The molecule has 0 aliphatic carbocycles. The quantitative estimate of drug-likeness (QED) is 0.852. The Hall–Kier alpha value is -1.27. The van der Waals surface area contributed by atoms with Gasteiger partial charge in [0.15, 0.2) is 0 Å². The molecule has 1 aromatic rings. The van der Waals surface area contributed by atoms with Crippen molar-refractivity contribution in [3.05, 3.63) is 29.8 Å². The first-order valence-electron chi connectivity index (χ1n) is 5.47. The first-order valence-corrected chi connectivity index (χ1v) is 5.47. The van der Waals surface area contributed by atoms with Gasteiger partial charge in [-0.05, 0) is 17.7 Å². The molecule has 0 unspecified atom stereocenters. The van der Waals surface area contributed by atoms with Gasteiger partial charge in [-0.25, -0.2) is 0 Å². The van der Waals surface area contributed by atoms with E-state index in [1.807, 2.05) is 0 Å². The zero-order valence-corrected chi connectivity index (χ0v) is 10.1. The number of hydrogen-bond donors (Lipinski definition) is 1. The molecular formula is C12H16F3NO2. The maximum absolute atomic E-state index is 12.3. The smallest absolute Gasteiger partial charge is 0.401 e. The van der Waals surface area contributed by atoms with Gasteiger partial charge in [-0.2, -0.15) is 13.2 Å². The standard InChI is InChI=1S/C12H16F3NO2/c1-18-11-4-2-3-10(7-11)8-16(5-6-17)9-12(13,14)15/h2-4,7,17H,5-6,8-9H2,1H3. The van der Waals surface area contributed by atoms with E-state index in [0.717, 1.165) is 4.90 Å². The maximum Gasteiger partial charge on any atom is 0.401 e. The Morgan fingerprint density at radius 1 is 1.33 bits per heavy atom. The minimum absolute atomic E-state index is 0.0171. The molecule has 102 valence electrons. The van der Waals surface area contributed by atoms with E-state index in [-0.39, 0.29) is 19.7 Å². The lowest BCUT2D eigenvalue weighted by atomic mass is 10.2. The Bertz CT molecular complexity index is 369. The van der Waals surface area contributed by atoms with Crippen LogP contribution in [0.3, 0.4) is 0 Å². The summed E-state index contributed by atoms with van der Waals surface area (Å²) in [6.07, 6.45) is -4.27. The molecule has 0 atom stereocenters. The number of aliphatic hydroxyl groups excluding tert-OH is 1. The van der Waals surface area contributed by atoms with Gasteiger partial charge in [-0.3, -0.25) is 4.90 Å². The molecule has 3 nitrogen and oxygen atoms in total. The van der Waals surface area contributed by atoms with Crippen LogP contribution in [0.1, 0.15) is 5.56 Å². The van der Waals surface area contributed by atoms with Crippen molar-refractivity contribution in [2.75, 3.05) is 26.8 Å². The Balaban J connectivity index is 2.69. The van der Waals surface area contributed by atoms with Crippen LogP contribution in [0.2, 0.25) is 0 Å². The molecule has 1 aromatic carbocycles. The molecule has 1 N–H and O–H groups in total. The van der Waals surface area contributed by atoms with Crippen molar-refractivity contribution in [1.82, 2.24) is 4.90 Å².